The Balaban J connectivity index is 0.00000169. The minimum Gasteiger partial charge on any atom is -0.473 e. The molecule has 1 aromatic rings. The van der Waals surface area contributed by atoms with Crippen LogP contribution in [0.25, 0.3) is 0 Å². The maximum absolute atomic E-state index is 10.4. The third-order valence-electron chi connectivity index (χ3n) is 1.38. The number of hydrogen-bond acceptors (Lipinski definition) is 5. The van der Waals surface area contributed by atoms with Crippen LogP contribution in [0, 0.1) is 0 Å². The molecule has 0 radical (unpaired) electrons. The number of carbonyl (C=O) groups excluding carboxylic acids is 1. The van der Waals surface area contributed by atoms with Crippen LogP contribution in [-0.4, -0.2) is 23.7 Å². The number of carbonyl (C=O) groups is 2. The molecule has 0 amide bonds. The van der Waals surface area contributed by atoms with Crippen LogP contribution in [0.3, 0.4) is 0 Å². The van der Waals surface area contributed by atoms with Gasteiger partial charge in [0.2, 0.25) is 0 Å². The molecule has 0 atom stereocenters. The van der Waals surface area contributed by atoms with Gasteiger partial charge in [0.1, 0.15) is 0 Å². The van der Waals surface area contributed by atoms with E-state index in [2.05, 4.69) is 4.74 Å². The largest absolute Gasteiger partial charge is 0.473 e. The van der Waals surface area contributed by atoms with E-state index in [4.69, 9.17) is 9.52 Å². The van der Waals surface area contributed by atoms with Gasteiger partial charge in [-0.05, 0) is 11.6 Å². The minimum absolute atomic E-state index is 0. The van der Waals surface area contributed by atoms with Crippen molar-refractivity contribution < 1.29 is 23.8 Å². The van der Waals surface area contributed by atoms with E-state index >= 15 is 0 Å². The van der Waals surface area contributed by atoms with E-state index in [1.54, 1.807) is 6.07 Å². The van der Waals surface area contributed by atoms with Crippen LogP contribution in [-0.2, 0) is 20.7 Å². The SMILES string of the molecule is N.O=C(O)C(=O)OCCc1ccoc1. The van der Waals surface area contributed by atoms with Gasteiger partial charge in [-0.15, -0.1) is 0 Å². The maximum Gasteiger partial charge on any atom is 0.417 e. The highest BCUT2D eigenvalue weighted by molar-refractivity contribution is 6.28. The van der Waals surface area contributed by atoms with E-state index in [-0.39, 0.29) is 12.8 Å². The van der Waals surface area contributed by atoms with Crippen LogP contribution in [0.4, 0.5) is 0 Å². The first kappa shape index (κ1) is 12.2. The zero-order valence-corrected chi connectivity index (χ0v) is 7.43. The van der Waals surface area contributed by atoms with Crippen molar-refractivity contribution in [3.8, 4) is 0 Å². The van der Waals surface area contributed by atoms with Gasteiger partial charge in [-0.25, -0.2) is 9.59 Å². The van der Waals surface area contributed by atoms with Crippen molar-refractivity contribution in [2.75, 3.05) is 6.61 Å². The number of furan rings is 1. The van der Waals surface area contributed by atoms with Gasteiger partial charge < -0.3 is 20.4 Å². The second-order valence-corrected chi connectivity index (χ2v) is 2.32. The van der Waals surface area contributed by atoms with Crippen LogP contribution in [0.5, 0.6) is 0 Å². The van der Waals surface area contributed by atoms with Crippen LogP contribution in [0.1, 0.15) is 5.56 Å². The van der Waals surface area contributed by atoms with Crippen molar-refractivity contribution in [1.29, 1.82) is 0 Å². The van der Waals surface area contributed by atoms with Gasteiger partial charge in [-0.2, -0.15) is 0 Å². The van der Waals surface area contributed by atoms with Crippen molar-refractivity contribution in [2.45, 2.75) is 6.42 Å². The molecule has 0 aliphatic rings. The zero-order valence-electron chi connectivity index (χ0n) is 7.43. The molecule has 0 unspecified atom stereocenters. The Labute approximate surface area is 80.1 Å². The maximum atomic E-state index is 10.4. The average molecular weight is 201 g/mol. The Hall–Kier alpha value is -1.82. The molecule has 4 N–H and O–H groups in total. The van der Waals surface area contributed by atoms with E-state index in [1.165, 1.54) is 12.5 Å². The molecule has 1 rings (SSSR count). The molecule has 0 saturated heterocycles. The highest BCUT2D eigenvalue weighted by Crippen LogP contribution is 2.00. The summed E-state index contributed by atoms with van der Waals surface area (Å²) in [5.74, 6) is -2.81. The summed E-state index contributed by atoms with van der Waals surface area (Å²) in [6.07, 6.45) is 3.46. The number of rotatable bonds is 3. The highest BCUT2D eigenvalue weighted by atomic mass is 16.6. The van der Waals surface area contributed by atoms with E-state index in [0.717, 1.165) is 5.56 Å². The van der Waals surface area contributed by atoms with E-state index in [0.29, 0.717) is 6.42 Å². The van der Waals surface area contributed by atoms with Gasteiger partial charge in [-0.1, -0.05) is 0 Å². The number of aliphatic carboxylic acids is 1. The molecule has 1 heterocycles. The topological polar surface area (TPSA) is 112 Å². The summed E-state index contributed by atoms with van der Waals surface area (Å²) in [6.45, 7) is 0.0463. The lowest BCUT2D eigenvalue weighted by atomic mass is 10.3. The van der Waals surface area contributed by atoms with Crippen molar-refractivity contribution in [1.82, 2.24) is 6.15 Å². The second-order valence-electron chi connectivity index (χ2n) is 2.32. The van der Waals surface area contributed by atoms with Crippen LogP contribution < -0.4 is 6.15 Å². The van der Waals surface area contributed by atoms with Crippen LogP contribution in [0.15, 0.2) is 23.0 Å². The molecule has 6 nitrogen and oxygen atoms in total. The Morgan fingerprint density at radius 1 is 1.50 bits per heavy atom. The molecule has 0 fully saturated rings. The summed E-state index contributed by atoms with van der Waals surface area (Å²) in [6, 6.07) is 1.72. The average Bonchev–Trinajstić information content (AvgIpc) is 2.56. The predicted molar refractivity (Wildman–Crippen MR) is 46.0 cm³/mol. The lowest BCUT2D eigenvalue weighted by Gasteiger charge is -1.98. The Bertz CT molecular complexity index is 293. The molecule has 0 saturated carbocycles. The first-order valence-corrected chi connectivity index (χ1v) is 3.61. The highest BCUT2D eigenvalue weighted by Gasteiger charge is 2.11. The first-order valence-electron chi connectivity index (χ1n) is 3.61. The Morgan fingerprint density at radius 2 is 2.21 bits per heavy atom. The Morgan fingerprint density at radius 3 is 2.71 bits per heavy atom. The monoisotopic (exact) mass is 201 g/mol. The third-order valence-corrected chi connectivity index (χ3v) is 1.38. The molecule has 6 heteroatoms. The molecule has 0 bridgehead atoms. The van der Waals surface area contributed by atoms with Gasteiger partial charge in [0, 0.05) is 6.42 Å². The summed E-state index contributed by atoms with van der Waals surface area (Å²) in [7, 11) is 0. The molecule has 0 aromatic carbocycles. The van der Waals surface area contributed by atoms with E-state index < -0.39 is 11.9 Å². The summed E-state index contributed by atoms with van der Waals surface area (Å²) < 4.78 is 9.16. The summed E-state index contributed by atoms with van der Waals surface area (Å²) in [5, 5.41) is 8.15. The van der Waals surface area contributed by atoms with E-state index in [9.17, 15) is 9.59 Å². The molecule has 14 heavy (non-hydrogen) atoms. The number of esters is 1. The predicted octanol–water partition coefficient (Wildman–Crippen LogP) is 0.612. The number of carboxylic acids is 1. The normalized spacial score (nSPS) is 8.86. The van der Waals surface area contributed by atoms with Crippen molar-refractivity contribution in [3.05, 3.63) is 24.2 Å². The molecule has 78 valence electrons. The van der Waals surface area contributed by atoms with Gasteiger partial charge in [-0.3, -0.25) is 0 Å². The lowest BCUT2D eigenvalue weighted by molar-refractivity contribution is -0.163. The van der Waals surface area contributed by atoms with Crippen LogP contribution in [0.2, 0.25) is 0 Å². The summed E-state index contributed by atoms with van der Waals surface area (Å²) >= 11 is 0. The quantitative estimate of drug-likeness (QED) is 0.547. The summed E-state index contributed by atoms with van der Waals surface area (Å²) in [5.41, 5.74) is 0.859. The van der Waals surface area contributed by atoms with E-state index in [1.807, 2.05) is 0 Å². The summed E-state index contributed by atoms with van der Waals surface area (Å²) in [4.78, 5) is 20.4. The fourth-order valence-electron chi connectivity index (χ4n) is 0.758. The zero-order chi connectivity index (χ0) is 9.68. The van der Waals surface area contributed by atoms with Crippen LogP contribution >= 0.6 is 0 Å². The molecular formula is C8H11NO5. The van der Waals surface area contributed by atoms with Gasteiger partial charge in [0.05, 0.1) is 19.1 Å². The number of ether oxygens (including phenoxy) is 1. The van der Waals surface area contributed by atoms with Gasteiger partial charge in [0.15, 0.2) is 0 Å². The van der Waals surface area contributed by atoms with Gasteiger partial charge >= 0.3 is 11.9 Å². The molecule has 0 aliphatic carbocycles. The van der Waals surface area contributed by atoms with Crippen molar-refractivity contribution in [2.24, 2.45) is 0 Å². The Kier molecular flexibility index (Phi) is 5.01. The third kappa shape index (κ3) is 3.72. The molecular weight excluding hydrogens is 190 g/mol. The fourth-order valence-corrected chi connectivity index (χ4v) is 0.758. The van der Waals surface area contributed by atoms with Crippen molar-refractivity contribution in [3.63, 3.8) is 0 Å². The molecule has 1 aromatic heterocycles. The number of carboxylic acid groups (broad SMARTS) is 1. The smallest absolute Gasteiger partial charge is 0.417 e. The lowest BCUT2D eigenvalue weighted by Crippen LogP contribution is -2.17. The van der Waals surface area contributed by atoms with Crippen molar-refractivity contribution >= 4 is 11.9 Å². The minimum atomic E-state index is -1.58. The van der Waals surface area contributed by atoms with Gasteiger partial charge in [0.25, 0.3) is 0 Å². The fraction of sp³-hybridized carbons (Fsp3) is 0.250. The number of hydrogen-bond donors (Lipinski definition) is 2. The standard InChI is InChI=1S/C8H8O5.H3N/c9-7(10)8(11)13-4-2-6-1-3-12-5-6;/h1,3,5H,2,4H2,(H,9,10);1H3. The molecule has 0 spiro atoms. The first-order chi connectivity index (χ1) is 6.20. The second kappa shape index (κ2) is 5.76. The molecule has 0 aliphatic heterocycles.